The molecule has 0 aromatic rings. The number of rotatable bonds is 4. The lowest BCUT2D eigenvalue weighted by Gasteiger charge is -2.23. The third kappa shape index (κ3) is 4.86. The van der Waals surface area contributed by atoms with Crippen LogP contribution in [0, 0.1) is 0 Å². The van der Waals surface area contributed by atoms with Crippen molar-refractivity contribution in [3.05, 3.63) is 48.6 Å². The Kier molecular flexibility index (Phi) is 4.17. The van der Waals surface area contributed by atoms with Crippen molar-refractivity contribution < 1.29 is 16.8 Å². The van der Waals surface area contributed by atoms with E-state index in [9.17, 15) is 8.42 Å². The molecule has 2 aliphatic carbocycles. The van der Waals surface area contributed by atoms with E-state index in [-0.39, 0.29) is 0 Å². The molecule has 0 saturated carbocycles. The molecule has 8 nitrogen and oxygen atoms in total. The monoisotopic (exact) mass is 314 g/mol. The van der Waals surface area contributed by atoms with E-state index in [0.29, 0.717) is 0 Å². The number of hydrogen-bond acceptors (Lipinski definition) is 8. The highest BCUT2D eigenvalue weighted by molar-refractivity contribution is 7.81. The summed E-state index contributed by atoms with van der Waals surface area (Å²) in [6.07, 6.45) is 9.81. The highest BCUT2D eigenvalue weighted by atomic mass is 32.3. The zero-order valence-electron chi connectivity index (χ0n) is 11.1. The summed E-state index contributed by atoms with van der Waals surface area (Å²) in [5.74, 6) is 0. The van der Waals surface area contributed by atoms with Crippen molar-refractivity contribution in [1.29, 1.82) is 0 Å². The summed E-state index contributed by atoms with van der Waals surface area (Å²) in [7, 11) is -4.22. The first kappa shape index (κ1) is 16.0. The molecule has 0 saturated heterocycles. The van der Waals surface area contributed by atoms with Gasteiger partial charge < -0.3 is 22.9 Å². The minimum absolute atomic E-state index is 0.824. The summed E-state index contributed by atoms with van der Waals surface area (Å²) in [6.45, 7) is 0. The van der Waals surface area contributed by atoms with Gasteiger partial charge in [0.15, 0.2) is 0 Å². The standard InChI is InChI=1S/C12H18N4O4S/c13-11(14)5-1-9(2-6-11)19-21(17,18)20-10-3-7-12(15,16)8-4-10/h1-10H,13-16H2. The molecule has 0 spiro atoms. The van der Waals surface area contributed by atoms with Gasteiger partial charge in [0.05, 0.1) is 0 Å². The third-order valence-corrected chi connectivity index (χ3v) is 3.67. The van der Waals surface area contributed by atoms with Crippen LogP contribution in [-0.4, -0.2) is 32.0 Å². The van der Waals surface area contributed by atoms with E-state index in [1.807, 2.05) is 0 Å². The molecule has 0 radical (unpaired) electrons. The van der Waals surface area contributed by atoms with Crippen molar-refractivity contribution in [2.75, 3.05) is 0 Å². The zero-order chi connectivity index (χ0) is 15.7. The van der Waals surface area contributed by atoms with Crippen molar-refractivity contribution in [3.8, 4) is 0 Å². The topological polar surface area (TPSA) is 157 Å². The van der Waals surface area contributed by atoms with Crippen LogP contribution in [0.5, 0.6) is 0 Å². The van der Waals surface area contributed by atoms with E-state index in [1.165, 1.54) is 48.6 Å². The fourth-order valence-corrected chi connectivity index (χ4v) is 2.55. The van der Waals surface area contributed by atoms with E-state index < -0.39 is 33.9 Å². The minimum atomic E-state index is -4.22. The Hall–Kier alpha value is -1.33. The van der Waals surface area contributed by atoms with Crippen molar-refractivity contribution in [2.45, 2.75) is 23.5 Å². The second kappa shape index (κ2) is 5.46. The average Bonchev–Trinajstić information content (AvgIpc) is 2.34. The van der Waals surface area contributed by atoms with E-state index in [1.54, 1.807) is 0 Å². The predicted octanol–water partition coefficient (Wildman–Crippen LogP) is -1.52. The maximum Gasteiger partial charge on any atom is 0.401 e. The molecule has 21 heavy (non-hydrogen) atoms. The Morgan fingerprint density at radius 2 is 1.00 bits per heavy atom. The summed E-state index contributed by atoms with van der Waals surface area (Å²) in [5.41, 5.74) is 20.2. The Labute approximate surface area is 123 Å². The van der Waals surface area contributed by atoms with Gasteiger partial charge in [-0.1, -0.05) is 24.3 Å². The van der Waals surface area contributed by atoms with Crippen LogP contribution in [0.3, 0.4) is 0 Å². The molecule has 0 atom stereocenters. The molecule has 0 bridgehead atoms. The molecule has 0 amide bonds. The van der Waals surface area contributed by atoms with Crippen LogP contribution in [0.25, 0.3) is 0 Å². The second-order valence-electron chi connectivity index (χ2n) is 4.97. The Morgan fingerprint density at radius 3 is 1.29 bits per heavy atom. The minimum Gasteiger partial charge on any atom is -0.307 e. The van der Waals surface area contributed by atoms with Gasteiger partial charge >= 0.3 is 10.4 Å². The summed E-state index contributed by atoms with van der Waals surface area (Å²) in [5, 5.41) is 0. The van der Waals surface area contributed by atoms with Crippen LogP contribution in [-0.2, 0) is 18.8 Å². The molecule has 116 valence electrons. The van der Waals surface area contributed by atoms with Gasteiger partial charge in [0.25, 0.3) is 0 Å². The molecule has 0 unspecified atom stereocenters. The molecular formula is C12H18N4O4S. The van der Waals surface area contributed by atoms with E-state index in [4.69, 9.17) is 31.3 Å². The van der Waals surface area contributed by atoms with Gasteiger partial charge in [0, 0.05) is 0 Å². The summed E-state index contributed by atoms with van der Waals surface area (Å²) < 4.78 is 33.3. The van der Waals surface area contributed by atoms with Gasteiger partial charge in [0.2, 0.25) is 0 Å². The lowest BCUT2D eigenvalue weighted by Crippen LogP contribution is -2.47. The molecule has 2 rings (SSSR count). The number of hydrogen-bond donors (Lipinski definition) is 4. The molecule has 9 heteroatoms. The van der Waals surface area contributed by atoms with Gasteiger partial charge in [-0.25, -0.2) is 8.37 Å². The van der Waals surface area contributed by atoms with Crippen molar-refractivity contribution in [1.82, 2.24) is 0 Å². The zero-order valence-corrected chi connectivity index (χ0v) is 11.9. The molecule has 0 aliphatic heterocycles. The summed E-state index contributed by atoms with van der Waals surface area (Å²) in [4.78, 5) is 0. The van der Waals surface area contributed by atoms with E-state index in [2.05, 4.69) is 0 Å². The third-order valence-electron chi connectivity index (χ3n) is 2.76. The average molecular weight is 314 g/mol. The van der Waals surface area contributed by atoms with Crippen LogP contribution in [0.15, 0.2) is 48.6 Å². The molecule has 0 fully saturated rings. The van der Waals surface area contributed by atoms with Gasteiger partial charge in [-0.05, 0) is 24.3 Å². The van der Waals surface area contributed by atoms with Crippen LogP contribution in [0.1, 0.15) is 0 Å². The quantitative estimate of drug-likeness (QED) is 0.360. The van der Waals surface area contributed by atoms with Crippen LogP contribution in [0.4, 0.5) is 0 Å². The Balaban J connectivity index is 1.95. The molecular weight excluding hydrogens is 296 g/mol. The Morgan fingerprint density at radius 1 is 0.714 bits per heavy atom. The van der Waals surface area contributed by atoms with Crippen molar-refractivity contribution in [2.24, 2.45) is 22.9 Å². The molecule has 2 aliphatic rings. The highest BCUT2D eigenvalue weighted by Gasteiger charge is 2.26. The van der Waals surface area contributed by atoms with E-state index in [0.717, 1.165) is 0 Å². The Bertz CT molecular complexity index is 539. The molecule has 8 N–H and O–H groups in total. The van der Waals surface area contributed by atoms with E-state index >= 15 is 0 Å². The predicted molar refractivity (Wildman–Crippen MR) is 77.4 cm³/mol. The molecule has 0 aromatic heterocycles. The van der Waals surface area contributed by atoms with Crippen molar-refractivity contribution in [3.63, 3.8) is 0 Å². The first-order chi connectivity index (χ1) is 9.57. The van der Waals surface area contributed by atoms with Gasteiger partial charge in [0.1, 0.15) is 23.5 Å². The fraction of sp³-hybridized carbons (Fsp3) is 0.333. The lowest BCUT2D eigenvalue weighted by atomic mass is 10.0. The van der Waals surface area contributed by atoms with Gasteiger partial charge in [-0.3, -0.25) is 0 Å². The fourth-order valence-electron chi connectivity index (χ4n) is 1.71. The van der Waals surface area contributed by atoms with Gasteiger partial charge in [-0.15, -0.1) is 0 Å². The van der Waals surface area contributed by atoms with Crippen LogP contribution >= 0.6 is 0 Å². The maximum absolute atomic E-state index is 11.8. The largest absolute Gasteiger partial charge is 0.401 e. The first-order valence-electron chi connectivity index (χ1n) is 6.11. The maximum atomic E-state index is 11.8. The summed E-state index contributed by atoms with van der Waals surface area (Å²) in [6, 6.07) is 0. The SMILES string of the molecule is NC1(N)C=CC(OS(=O)(=O)OC2C=CC(N)(N)C=C2)C=C1. The summed E-state index contributed by atoms with van der Waals surface area (Å²) >= 11 is 0. The molecule has 0 aromatic carbocycles. The molecule has 0 heterocycles. The normalized spacial score (nSPS) is 24.6. The van der Waals surface area contributed by atoms with Crippen LogP contribution in [0.2, 0.25) is 0 Å². The first-order valence-corrected chi connectivity index (χ1v) is 7.45. The van der Waals surface area contributed by atoms with Crippen molar-refractivity contribution >= 4 is 10.4 Å². The second-order valence-corrected chi connectivity index (χ2v) is 6.17. The van der Waals surface area contributed by atoms with Gasteiger partial charge in [-0.2, -0.15) is 8.42 Å². The van der Waals surface area contributed by atoms with Crippen LogP contribution < -0.4 is 22.9 Å². The smallest absolute Gasteiger partial charge is 0.307 e. The highest BCUT2D eigenvalue weighted by Crippen LogP contribution is 2.17. The lowest BCUT2D eigenvalue weighted by molar-refractivity contribution is 0.192. The number of nitrogens with two attached hydrogens (primary N) is 4.